The molecule has 1 N–H and O–H groups in total. The fourth-order valence-electron chi connectivity index (χ4n) is 3.85. The van der Waals surface area contributed by atoms with Crippen molar-refractivity contribution in [2.24, 2.45) is 0 Å². The summed E-state index contributed by atoms with van der Waals surface area (Å²) >= 11 is 6.84. The minimum absolute atomic E-state index is 0.144. The number of nitrogens with zero attached hydrogens (tertiary/aromatic N) is 2. The van der Waals surface area contributed by atoms with Crippen molar-refractivity contribution in [1.82, 2.24) is 9.80 Å². The zero-order valence-electron chi connectivity index (χ0n) is 21.5. The molecule has 0 saturated carbocycles. The van der Waals surface area contributed by atoms with Crippen LogP contribution in [0.1, 0.15) is 18.1 Å². The van der Waals surface area contributed by atoms with Gasteiger partial charge < -0.3 is 24.4 Å². The number of anilines is 1. The highest BCUT2D eigenvalue weighted by Gasteiger charge is 2.36. The maximum atomic E-state index is 12.9. The topological polar surface area (TPSA) is 114 Å². The number of nitrogens with one attached hydrogen (secondary N) is 1. The van der Waals surface area contributed by atoms with Crippen LogP contribution in [0, 0.1) is 6.92 Å². The maximum Gasteiger partial charge on any atom is 0.294 e. The molecule has 0 bridgehead atoms. The van der Waals surface area contributed by atoms with E-state index in [-0.39, 0.29) is 17.4 Å². The van der Waals surface area contributed by atoms with Crippen LogP contribution >= 0.6 is 23.4 Å². The van der Waals surface area contributed by atoms with E-state index in [0.29, 0.717) is 60.7 Å². The van der Waals surface area contributed by atoms with E-state index in [4.69, 9.17) is 25.8 Å². The van der Waals surface area contributed by atoms with Gasteiger partial charge in [-0.15, -0.1) is 0 Å². The summed E-state index contributed by atoms with van der Waals surface area (Å²) in [6.07, 6.45) is 1.55. The number of carbonyl (C=O) groups is 4. The standard InChI is InChI=1S/C27H28ClN3O7S/c1-3-37-22-12-18(5-7-21(22)38-16-25(33)30-8-10-36-11-9-30)13-23-26(34)31(27(35)39-23)15-24(32)29-19-6-4-17(2)20(28)14-19/h4-7,12-14H,3,8-11,15-16H2,1-2H3,(H,29,32)/b23-13-. The Bertz CT molecular complexity index is 1310. The molecule has 2 aromatic rings. The van der Waals surface area contributed by atoms with Gasteiger partial charge in [-0.3, -0.25) is 24.1 Å². The minimum atomic E-state index is -0.573. The van der Waals surface area contributed by atoms with Gasteiger partial charge in [-0.1, -0.05) is 23.7 Å². The number of halogens is 1. The molecule has 10 nitrogen and oxygen atoms in total. The summed E-state index contributed by atoms with van der Waals surface area (Å²) in [4.78, 5) is 53.1. The number of amides is 4. The van der Waals surface area contributed by atoms with Crippen LogP contribution in [0.15, 0.2) is 41.3 Å². The summed E-state index contributed by atoms with van der Waals surface area (Å²) in [5.41, 5.74) is 1.92. The number of hydrogen-bond donors (Lipinski definition) is 1. The third-order valence-electron chi connectivity index (χ3n) is 5.91. The molecular weight excluding hydrogens is 546 g/mol. The number of aryl methyl sites for hydroxylation is 1. The number of morpholine rings is 1. The summed E-state index contributed by atoms with van der Waals surface area (Å²) < 4.78 is 16.7. The van der Waals surface area contributed by atoms with E-state index >= 15 is 0 Å². The molecule has 2 aliphatic rings. The van der Waals surface area contributed by atoms with E-state index in [1.54, 1.807) is 47.4 Å². The van der Waals surface area contributed by atoms with Crippen LogP contribution in [0.4, 0.5) is 10.5 Å². The zero-order chi connectivity index (χ0) is 27.9. The lowest BCUT2D eigenvalue weighted by molar-refractivity contribution is -0.137. The van der Waals surface area contributed by atoms with E-state index in [0.717, 1.165) is 22.2 Å². The third-order valence-corrected chi connectivity index (χ3v) is 7.23. The van der Waals surface area contributed by atoms with Crippen molar-refractivity contribution in [2.75, 3.05) is 51.4 Å². The molecule has 2 heterocycles. The summed E-state index contributed by atoms with van der Waals surface area (Å²) in [5.74, 6) is -0.456. The van der Waals surface area contributed by atoms with Gasteiger partial charge in [0.25, 0.3) is 17.1 Å². The highest BCUT2D eigenvalue weighted by atomic mass is 35.5. The van der Waals surface area contributed by atoms with E-state index < -0.39 is 23.6 Å². The van der Waals surface area contributed by atoms with Crippen molar-refractivity contribution >= 4 is 58.1 Å². The lowest BCUT2D eigenvalue weighted by atomic mass is 10.2. The van der Waals surface area contributed by atoms with E-state index in [1.165, 1.54) is 0 Å². The van der Waals surface area contributed by atoms with E-state index in [1.807, 2.05) is 13.8 Å². The van der Waals surface area contributed by atoms with Crippen molar-refractivity contribution in [3.63, 3.8) is 0 Å². The second kappa shape index (κ2) is 13.0. The zero-order valence-corrected chi connectivity index (χ0v) is 23.1. The Balaban J connectivity index is 1.41. The molecule has 2 aromatic carbocycles. The highest BCUT2D eigenvalue weighted by Crippen LogP contribution is 2.35. The molecule has 0 atom stereocenters. The van der Waals surface area contributed by atoms with Gasteiger partial charge in [0, 0.05) is 23.8 Å². The van der Waals surface area contributed by atoms with Gasteiger partial charge in [-0.2, -0.15) is 0 Å². The molecule has 0 unspecified atom stereocenters. The lowest BCUT2D eigenvalue weighted by Crippen LogP contribution is -2.43. The highest BCUT2D eigenvalue weighted by molar-refractivity contribution is 8.18. The summed E-state index contributed by atoms with van der Waals surface area (Å²) in [6.45, 7) is 5.49. The quantitative estimate of drug-likeness (QED) is 0.448. The van der Waals surface area contributed by atoms with Crippen LogP contribution < -0.4 is 14.8 Å². The molecule has 206 valence electrons. The van der Waals surface area contributed by atoms with Crippen LogP contribution in [0.3, 0.4) is 0 Å². The Morgan fingerprint density at radius 2 is 1.87 bits per heavy atom. The van der Waals surface area contributed by atoms with Crippen molar-refractivity contribution < 1.29 is 33.4 Å². The number of imide groups is 1. The minimum Gasteiger partial charge on any atom is -0.490 e. The molecule has 0 aliphatic carbocycles. The molecule has 0 radical (unpaired) electrons. The number of thioether (sulfide) groups is 1. The molecule has 4 amide bonds. The van der Waals surface area contributed by atoms with Gasteiger partial charge in [0.05, 0.1) is 24.7 Å². The molecule has 12 heteroatoms. The van der Waals surface area contributed by atoms with Gasteiger partial charge in [-0.25, -0.2) is 0 Å². The van der Waals surface area contributed by atoms with Gasteiger partial charge in [0.1, 0.15) is 6.54 Å². The van der Waals surface area contributed by atoms with Crippen molar-refractivity contribution in [1.29, 1.82) is 0 Å². The summed E-state index contributed by atoms with van der Waals surface area (Å²) in [5, 5.41) is 2.60. The second-order valence-electron chi connectivity index (χ2n) is 8.70. The van der Waals surface area contributed by atoms with Crippen LogP contribution in [-0.4, -0.2) is 78.8 Å². The molecular formula is C27H28ClN3O7S. The predicted octanol–water partition coefficient (Wildman–Crippen LogP) is 3.96. The van der Waals surface area contributed by atoms with Gasteiger partial charge in [0.15, 0.2) is 18.1 Å². The average Bonchev–Trinajstić information content (AvgIpc) is 3.18. The molecule has 2 saturated heterocycles. The first kappa shape index (κ1) is 28.5. The SMILES string of the molecule is CCOc1cc(/C=C2\SC(=O)N(CC(=O)Nc3ccc(C)c(Cl)c3)C2=O)ccc1OCC(=O)N1CCOCC1. The number of ether oxygens (including phenoxy) is 3. The molecule has 2 aliphatic heterocycles. The van der Waals surface area contributed by atoms with Gasteiger partial charge in [-0.05, 0) is 67.1 Å². The Kier molecular flexibility index (Phi) is 9.50. The predicted molar refractivity (Wildman–Crippen MR) is 148 cm³/mol. The van der Waals surface area contributed by atoms with Gasteiger partial charge >= 0.3 is 0 Å². The first-order chi connectivity index (χ1) is 18.7. The van der Waals surface area contributed by atoms with Crippen LogP contribution in [0.5, 0.6) is 11.5 Å². The maximum absolute atomic E-state index is 12.9. The second-order valence-corrected chi connectivity index (χ2v) is 10.1. The van der Waals surface area contributed by atoms with Crippen molar-refractivity contribution in [2.45, 2.75) is 13.8 Å². The fourth-order valence-corrected chi connectivity index (χ4v) is 4.87. The smallest absolute Gasteiger partial charge is 0.294 e. The number of rotatable bonds is 9. The Hall–Kier alpha value is -3.54. The normalized spacial score (nSPS) is 16.5. The van der Waals surface area contributed by atoms with Crippen LogP contribution in [0.2, 0.25) is 5.02 Å². The first-order valence-electron chi connectivity index (χ1n) is 12.3. The lowest BCUT2D eigenvalue weighted by Gasteiger charge is -2.26. The monoisotopic (exact) mass is 573 g/mol. The van der Waals surface area contributed by atoms with Gasteiger partial charge in [0.2, 0.25) is 5.91 Å². The number of carbonyl (C=O) groups excluding carboxylic acids is 4. The number of hydrogen-bond acceptors (Lipinski definition) is 8. The largest absolute Gasteiger partial charge is 0.490 e. The summed E-state index contributed by atoms with van der Waals surface area (Å²) in [6, 6.07) is 10.1. The molecule has 39 heavy (non-hydrogen) atoms. The van der Waals surface area contributed by atoms with Crippen LogP contribution in [-0.2, 0) is 19.1 Å². The fraction of sp³-hybridized carbons (Fsp3) is 0.333. The third kappa shape index (κ3) is 7.31. The van der Waals surface area contributed by atoms with Crippen molar-refractivity contribution in [3.8, 4) is 11.5 Å². The molecule has 4 rings (SSSR count). The van der Waals surface area contributed by atoms with E-state index in [9.17, 15) is 19.2 Å². The van der Waals surface area contributed by atoms with Crippen molar-refractivity contribution in [3.05, 3.63) is 57.5 Å². The Labute approximate surface area is 235 Å². The molecule has 2 fully saturated rings. The molecule has 0 spiro atoms. The number of benzene rings is 2. The molecule has 0 aromatic heterocycles. The first-order valence-corrected chi connectivity index (χ1v) is 13.5. The summed E-state index contributed by atoms with van der Waals surface area (Å²) in [7, 11) is 0. The van der Waals surface area contributed by atoms with Crippen LogP contribution in [0.25, 0.3) is 6.08 Å². The Morgan fingerprint density at radius 1 is 1.10 bits per heavy atom. The Morgan fingerprint density at radius 3 is 2.59 bits per heavy atom. The average molecular weight is 574 g/mol. The van der Waals surface area contributed by atoms with E-state index in [2.05, 4.69) is 5.32 Å².